The topological polar surface area (TPSA) is 34.2 Å². The molecule has 2 rings (SSSR count). The van der Waals surface area contributed by atoms with Crippen LogP contribution in [0, 0.1) is 5.92 Å². The number of anilines is 1. The molecule has 0 aliphatic heterocycles. The first-order valence-electron chi connectivity index (χ1n) is 5.88. The SMILES string of the molecule is Clc1cnc(NCCCOCC2CC2)c(Br)c1. The van der Waals surface area contributed by atoms with E-state index in [1.165, 1.54) is 12.8 Å². The van der Waals surface area contributed by atoms with Crippen LogP contribution in [0.2, 0.25) is 5.02 Å². The minimum atomic E-state index is 0.634. The molecule has 1 aromatic rings. The van der Waals surface area contributed by atoms with Crippen molar-refractivity contribution in [2.45, 2.75) is 19.3 Å². The summed E-state index contributed by atoms with van der Waals surface area (Å²) >= 11 is 9.23. The van der Waals surface area contributed by atoms with E-state index in [1.807, 2.05) is 6.07 Å². The number of pyridine rings is 1. The highest BCUT2D eigenvalue weighted by molar-refractivity contribution is 9.10. The Labute approximate surface area is 115 Å². The normalized spacial score (nSPS) is 14.9. The van der Waals surface area contributed by atoms with Gasteiger partial charge in [0.15, 0.2) is 0 Å². The fourth-order valence-electron chi connectivity index (χ4n) is 1.46. The molecule has 5 heteroatoms. The molecule has 1 saturated carbocycles. The Hall–Kier alpha value is -0.320. The van der Waals surface area contributed by atoms with Gasteiger partial charge in [-0.05, 0) is 47.2 Å². The number of nitrogens with zero attached hydrogens (tertiary/aromatic N) is 1. The van der Waals surface area contributed by atoms with Crippen molar-refractivity contribution in [1.82, 2.24) is 4.98 Å². The Kier molecular flexibility index (Phi) is 5.07. The molecule has 0 radical (unpaired) electrons. The molecule has 1 aliphatic rings. The molecule has 0 amide bonds. The summed E-state index contributed by atoms with van der Waals surface area (Å²) < 4.78 is 6.44. The summed E-state index contributed by atoms with van der Waals surface area (Å²) in [5.41, 5.74) is 0. The van der Waals surface area contributed by atoms with Crippen molar-refractivity contribution < 1.29 is 4.74 Å². The molecule has 0 aromatic carbocycles. The number of ether oxygens (including phenoxy) is 1. The lowest BCUT2D eigenvalue weighted by molar-refractivity contribution is 0.124. The molecule has 3 nitrogen and oxygen atoms in total. The molecule has 1 aliphatic carbocycles. The lowest BCUT2D eigenvalue weighted by atomic mass is 10.4. The molecule has 17 heavy (non-hydrogen) atoms. The van der Waals surface area contributed by atoms with Gasteiger partial charge in [0, 0.05) is 26.0 Å². The van der Waals surface area contributed by atoms with E-state index in [9.17, 15) is 0 Å². The van der Waals surface area contributed by atoms with Crippen LogP contribution in [0.25, 0.3) is 0 Å². The van der Waals surface area contributed by atoms with E-state index in [1.54, 1.807) is 6.20 Å². The summed E-state index contributed by atoms with van der Waals surface area (Å²) in [6.45, 7) is 2.61. The van der Waals surface area contributed by atoms with Crippen LogP contribution in [0.4, 0.5) is 5.82 Å². The van der Waals surface area contributed by atoms with E-state index in [4.69, 9.17) is 16.3 Å². The lowest BCUT2D eigenvalue weighted by Crippen LogP contribution is -2.08. The van der Waals surface area contributed by atoms with E-state index in [2.05, 4.69) is 26.2 Å². The Bertz CT molecular complexity index is 372. The minimum absolute atomic E-state index is 0.634. The first kappa shape index (κ1) is 13.1. The minimum Gasteiger partial charge on any atom is -0.381 e. The quantitative estimate of drug-likeness (QED) is 0.778. The summed E-state index contributed by atoms with van der Waals surface area (Å²) in [6, 6.07) is 1.83. The van der Waals surface area contributed by atoms with Crippen LogP contribution >= 0.6 is 27.5 Å². The van der Waals surface area contributed by atoms with Gasteiger partial charge in [-0.15, -0.1) is 0 Å². The van der Waals surface area contributed by atoms with Gasteiger partial charge >= 0.3 is 0 Å². The van der Waals surface area contributed by atoms with E-state index >= 15 is 0 Å². The summed E-state index contributed by atoms with van der Waals surface area (Å²) in [7, 11) is 0. The highest BCUT2D eigenvalue weighted by Gasteiger charge is 2.20. The highest BCUT2D eigenvalue weighted by atomic mass is 79.9. The van der Waals surface area contributed by atoms with Gasteiger partial charge in [-0.3, -0.25) is 0 Å². The zero-order valence-electron chi connectivity index (χ0n) is 9.59. The molecule has 0 bridgehead atoms. The van der Waals surface area contributed by atoms with Gasteiger partial charge in [-0.1, -0.05) is 11.6 Å². The zero-order valence-corrected chi connectivity index (χ0v) is 11.9. The third-order valence-corrected chi connectivity index (χ3v) is 3.43. The van der Waals surface area contributed by atoms with Crippen molar-refractivity contribution in [2.75, 3.05) is 25.1 Å². The molecule has 1 fully saturated rings. The monoisotopic (exact) mass is 318 g/mol. The number of aromatic nitrogens is 1. The molecule has 0 saturated heterocycles. The molecular formula is C12H16BrClN2O. The third kappa shape index (κ3) is 4.82. The smallest absolute Gasteiger partial charge is 0.140 e. The van der Waals surface area contributed by atoms with Crippen LogP contribution in [0.1, 0.15) is 19.3 Å². The molecule has 94 valence electrons. The van der Waals surface area contributed by atoms with Crippen molar-refractivity contribution in [2.24, 2.45) is 5.92 Å². The second-order valence-corrected chi connectivity index (χ2v) is 5.57. The fraction of sp³-hybridized carbons (Fsp3) is 0.583. The van der Waals surface area contributed by atoms with Crippen molar-refractivity contribution in [3.63, 3.8) is 0 Å². The van der Waals surface area contributed by atoms with Crippen molar-refractivity contribution in [1.29, 1.82) is 0 Å². The van der Waals surface area contributed by atoms with Crippen LogP contribution in [-0.4, -0.2) is 24.7 Å². The first-order chi connectivity index (χ1) is 8.25. The molecule has 1 aromatic heterocycles. The Morgan fingerprint density at radius 2 is 2.35 bits per heavy atom. The second-order valence-electron chi connectivity index (χ2n) is 4.28. The molecule has 1 N–H and O–H groups in total. The van der Waals surface area contributed by atoms with Gasteiger partial charge < -0.3 is 10.1 Å². The van der Waals surface area contributed by atoms with Crippen LogP contribution in [-0.2, 0) is 4.74 Å². The summed E-state index contributed by atoms with van der Waals surface area (Å²) in [4.78, 5) is 4.20. The predicted molar refractivity (Wildman–Crippen MR) is 73.6 cm³/mol. The molecular weight excluding hydrogens is 304 g/mol. The maximum absolute atomic E-state index is 5.81. The number of nitrogens with one attached hydrogen (secondary N) is 1. The van der Waals surface area contributed by atoms with Gasteiger partial charge in [0.25, 0.3) is 0 Å². The predicted octanol–water partition coefficient (Wildman–Crippen LogP) is 3.73. The number of halogens is 2. The summed E-state index contributed by atoms with van der Waals surface area (Å²) in [5, 5.41) is 3.88. The van der Waals surface area contributed by atoms with Crippen molar-refractivity contribution >= 4 is 33.3 Å². The van der Waals surface area contributed by atoms with Gasteiger partial charge in [-0.25, -0.2) is 4.98 Å². The third-order valence-electron chi connectivity index (χ3n) is 2.62. The van der Waals surface area contributed by atoms with E-state index in [0.29, 0.717) is 5.02 Å². The van der Waals surface area contributed by atoms with Crippen molar-refractivity contribution in [3.05, 3.63) is 21.8 Å². The molecule has 0 spiro atoms. The molecule has 1 heterocycles. The first-order valence-corrected chi connectivity index (χ1v) is 7.05. The van der Waals surface area contributed by atoms with E-state index in [-0.39, 0.29) is 0 Å². The highest BCUT2D eigenvalue weighted by Crippen LogP contribution is 2.28. The van der Waals surface area contributed by atoms with Gasteiger partial charge in [0.05, 0.1) is 9.50 Å². The van der Waals surface area contributed by atoms with Crippen LogP contribution in [0.3, 0.4) is 0 Å². The van der Waals surface area contributed by atoms with Gasteiger partial charge in [0.1, 0.15) is 5.82 Å². The Morgan fingerprint density at radius 1 is 1.53 bits per heavy atom. The lowest BCUT2D eigenvalue weighted by Gasteiger charge is -2.08. The second kappa shape index (κ2) is 6.57. The number of rotatable bonds is 7. The van der Waals surface area contributed by atoms with Crippen LogP contribution in [0.15, 0.2) is 16.7 Å². The summed E-state index contributed by atoms with van der Waals surface area (Å²) in [6.07, 6.45) is 5.32. The van der Waals surface area contributed by atoms with Crippen LogP contribution < -0.4 is 5.32 Å². The maximum Gasteiger partial charge on any atom is 0.140 e. The van der Waals surface area contributed by atoms with Crippen LogP contribution in [0.5, 0.6) is 0 Å². The molecule has 0 atom stereocenters. The fourth-order valence-corrected chi connectivity index (χ4v) is 2.24. The molecule has 0 unspecified atom stereocenters. The number of hydrogen-bond acceptors (Lipinski definition) is 3. The zero-order chi connectivity index (χ0) is 12.1. The van der Waals surface area contributed by atoms with E-state index < -0.39 is 0 Å². The largest absolute Gasteiger partial charge is 0.381 e. The van der Waals surface area contributed by atoms with Gasteiger partial charge in [-0.2, -0.15) is 0 Å². The Balaban J connectivity index is 1.60. The average Bonchev–Trinajstić information content (AvgIpc) is 3.09. The number of hydrogen-bond donors (Lipinski definition) is 1. The maximum atomic E-state index is 5.81. The van der Waals surface area contributed by atoms with Crippen molar-refractivity contribution in [3.8, 4) is 0 Å². The average molecular weight is 320 g/mol. The van der Waals surface area contributed by atoms with E-state index in [0.717, 1.165) is 42.4 Å². The van der Waals surface area contributed by atoms with Gasteiger partial charge in [0.2, 0.25) is 0 Å². The summed E-state index contributed by atoms with van der Waals surface area (Å²) in [5.74, 6) is 1.67. The standard InChI is InChI=1S/C12H16BrClN2O/c13-11-6-10(14)7-16-12(11)15-4-1-5-17-8-9-2-3-9/h6-7,9H,1-5,8H2,(H,15,16). The Morgan fingerprint density at radius 3 is 3.06 bits per heavy atom.